The Morgan fingerprint density at radius 3 is 2.80 bits per heavy atom. The van der Waals surface area contributed by atoms with E-state index in [1.165, 1.54) is 0 Å². The first kappa shape index (κ1) is 16.2. The van der Waals surface area contributed by atoms with Crippen LogP contribution in [-0.4, -0.2) is 26.7 Å². The summed E-state index contributed by atoms with van der Waals surface area (Å²) in [6, 6.07) is 9.94. The van der Waals surface area contributed by atoms with Crippen LogP contribution in [0.1, 0.15) is 36.3 Å². The van der Waals surface area contributed by atoms with Crippen LogP contribution in [0.2, 0.25) is 0 Å². The minimum atomic E-state index is 0.0532. The standard InChI is InChI=1S/C18H18BrN5O/c1-11-10-16(21-12(2)20-11)24-9-5-8-15(24)18-22-17(23-25-18)13-6-3-4-7-14(13)19/h3-4,6-7,10,15H,5,8-9H2,1-2H3. The fourth-order valence-electron chi connectivity index (χ4n) is 3.26. The fourth-order valence-corrected chi connectivity index (χ4v) is 3.73. The van der Waals surface area contributed by atoms with E-state index in [2.05, 4.69) is 40.9 Å². The maximum Gasteiger partial charge on any atom is 0.249 e. The van der Waals surface area contributed by atoms with Crippen molar-refractivity contribution in [1.82, 2.24) is 20.1 Å². The molecule has 3 aromatic rings. The topological polar surface area (TPSA) is 67.9 Å². The average Bonchev–Trinajstić information content (AvgIpc) is 3.23. The van der Waals surface area contributed by atoms with Crippen LogP contribution < -0.4 is 4.90 Å². The van der Waals surface area contributed by atoms with E-state index in [0.29, 0.717) is 11.7 Å². The van der Waals surface area contributed by atoms with E-state index >= 15 is 0 Å². The summed E-state index contributed by atoms with van der Waals surface area (Å²) in [7, 11) is 0. The molecule has 1 saturated heterocycles. The summed E-state index contributed by atoms with van der Waals surface area (Å²) in [5, 5.41) is 4.18. The highest BCUT2D eigenvalue weighted by molar-refractivity contribution is 9.10. The van der Waals surface area contributed by atoms with Gasteiger partial charge in [-0.2, -0.15) is 4.98 Å². The highest BCUT2D eigenvalue weighted by Crippen LogP contribution is 2.36. The van der Waals surface area contributed by atoms with Gasteiger partial charge in [0.2, 0.25) is 11.7 Å². The third-order valence-electron chi connectivity index (χ3n) is 4.34. The Balaban J connectivity index is 1.66. The summed E-state index contributed by atoms with van der Waals surface area (Å²) in [6.07, 6.45) is 2.04. The van der Waals surface area contributed by atoms with Crippen molar-refractivity contribution < 1.29 is 4.52 Å². The van der Waals surface area contributed by atoms with Crippen LogP contribution in [0.25, 0.3) is 11.4 Å². The summed E-state index contributed by atoms with van der Waals surface area (Å²) in [5.74, 6) is 2.94. The molecule has 4 rings (SSSR count). The molecule has 128 valence electrons. The maximum atomic E-state index is 5.60. The van der Waals surface area contributed by atoms with Gasteiger partial charge in [0.15, 0.2) is 0 Å². The van der Waals surface area contributed by atoms with Gasteiger partial charge in [0.25, 0.3) is 0 Å². The number of anilines is 1. The minimum absolute atomic E-state index is 0.0532. The van der Waals surface area contributed by atoms with Gasteiger partial charge in [0, 0.05) is 28.3 Å². The number of benzene rings is 1. The molecule has 1 fully saturated rings. The molecule has 0 saturated carbocycles. The molecule has 0 N–H and O–H groups in total. The molecule has 0 bridgehead atoms. The molecule has 6 nitrogen and oxygen atoms in total. The largest absolute Gasteiger partial charge is 0.344 e. The molecule has 1 aromatic carbocycles. The second-order valence-corrected chi connectivity index (χ2v) is 7.06. The van der Waals surface area contributed by atoms with E-state index in [1.807, 2.05) is 44.2 Å². The molecular weight excluding hydrogens is 382 g/mol. The lowest BCUT2D eigenvalue weighted by molar-refractivity contribution is 0.354. The molecule has 1 atom stereocenters. The highest BCUT2D eigenvalue weighted by Gasteiger charge is 2.32. The Bertz CT molecular complexity index is 890. The molecule has 0 amide bonds. The molecule has 7 heteroatoms. The van der Waals surface area contributed by atoms with Crippen molar-refractivity contribution in [3.8, 4) is 11.4 Å². The number of hydrogen-bond acceptors (Lipinski definition) is 6. The number of hydrogen-bond donors (Lipinski definition) is 0. The van der Waals surface area contributed by atoms with Crippen molar-refractivity contribution in [2.45, 2.75) is 32.7 Å². The normalized spacial score (nSPS) is 17.2. The fraction of sp³-hybridized carbons (Fsp3) is 0.333. The number of aryl methyl sites for hydroxylation is 2. The molecule has 1 aliphatic heterocycles. The van der Waals surface area contributed by atoms with Crippen molar-refractivity contribution in [3.05, 3.63) is 52.2 Å². The first-order chi connectivity index (χ1) is 12.1. The zero-order valence-electron chi connectivity index (χ0n) is 14.1. The Hall–Kier alpha value is -2.28. The molecule has 2 aromatic heterocycles. The summed E-state index contributed by atoms with van der Waals surface area (Å²) >= 11 is 3.54. The van der Waals surface area contributed by atoms with Gasteiger partial charge < -0.3 is 9.42 Å². The first-order valence-electron chi connectivity index (χ1n) is 8.29. The van der Waals surface area contributed by atoms with Crippen LogP contribution in [0.15, 0.2) is 39.3 Å². The van der Waals surface area contributed by atoms with Gasteiger partial charge in [-0.15, -0.1) is 0 Å². The summed E-state index contributed by atoms with van der Waals surface area (Å²) < 4.78 is 6.55. The molecule has 3 heterocycles. The van der Waals surface area contributed by atoms with Gasteiger partial charge in [-0.25, -0.2) is 9.97 Å². The van der Waals surface area contributed by atoms with Gasteiger partial charge in [-0.1, -0.05) is 33.2 Å². The lowest BCUT2D eigenvalue weighted by atomic mass is 10.2. The van der Waals surface area contributed by atoms with E-state index in [-0.39, 0.29) is 6.04 Å². The zero-order valence-corrected chi connectivity index (χ0v) is 15.7. The van der Waals surface area contributed by atoms with Crippen LogP contribution in [0, 0.1) is 13.8 Å². The smallest absolute Gasteiger partial charge is 0.249 e. The Morgan fingerprint density at radius 1 is 1.16 bits per heavy atom. The monoisotopic (exact) mass is 399 g/mol. The number of halogens is 1. The van der Waals surface area contributed by atoms with E-state index < -0.39 is 0 Å². The van der Waals surface area contributed by atoms with Crippen LogP contribution in [0.5, 0.6) is 0 Å². The second-order valence-electron chi connectivity index (χ2n) is 6.20. The van der Waals surface area contributed by atoms with E-state index in [9.17, 15) is 0 Å². The molecule has 1 aliphatic rings. The second kappa shape index (κ2) is 6.55. The zero-order chi connectivity index (χ0) is 17.4. The van der Waals surface area contributed by atoms with Crippen molar-refractivity contribution in [2.75, 3.05) is 11.4 Å². The van der Waals surface area contributed by atoms with Crippen LogP contribution in [-0.2, 0) is 0 Å². The molecule has 0 spiro atoms. The highest BCUT2D eigenvalue weighted by atomic mass is 79.9. The quantitative estimate of drug-likeness (QED) is 0.655. The van der Waals surface area contributed by atoms with Crippen molar-refractivity contribution in [3.63, 3.8) is 0 Å². The van der Waals surface area contributed by atoms with Crippen molar-refractivity contribution in [1.29, 1.82) is 0 Å². The minimum Gasteiger partial charge on any atom is -0.344 e. The Morgan fingerprint density at radius 2 is 2.00 bits per heavy atom. The third-order valence-corrected chi connectivity index (χ3v) is 5.03. The SMILES string of the molecule is Cc1cc(N2CCCC2c2nc(-c3ccccc3Br)no2)nc(C)n1. The van der Waals surface area contributed by atoms with Gasteiger partial charge >= 0.3 is 0 Å². The lowest BCUT2D eigenvalue weighted by Crippen LogP contribution is -2.24. The van der Waals surface area contributed by atoms with Gasteiger partial charge in [-0.3, -0.25) is 0 Å². The van der Waals surface area contributed by atoms with Crippen LogP contribution in [0.3, 0.4) is 0 Å². The van der Waals surface area contributed by atoms with E-state index in [1.54, 1.807) is 0 Å². The Labute approximate surface area is 154 Å². The molecule has 25 heavy (non-hydrogen) atoms. The average molecular weight is 400 g/mol. The molecule has 1 unspecified atom stereocenters. The first-order valence-corrected chi connectivity index (χ1v) is 9.08. The molecule has 0 radical (unpaired) electrons. The van der Waals surface area contributed by atoms with Crippen molar-refractivity contribution >= 4 is 21.7 Å². The lowest BCUT2D eigenvalue weighted by Gasteiger charge is -2.23. The number of aromatic nitrogens is 4. The van der Waals surface area contributed by atoms with E-state index in [0.717, 1.165) is 46.8 Å². The maximum absolute atomic E-state index is 5.60. The van der Waals surface area contributed by atoms with E-state index in [4.69, 9.17) is 4.52 Å². The Kier molecular flexibility index (Phi) is 4.25. The predicted octanol–water partition coefficient (Wildman–Crippen LogP) is 4.25. The third kappa shape index (κ3) is 3.16. The van der Waals surface area contributed by atoms with Gasteiger partial charge in [0.1, 0.15) is 17.7 Å². The predicted molar refractivity (Wildman–Crippen MR) is 98.3 cm³/mol. The number of rotatable bonds is 3. The summed E-state index contributed by atoms with van der Waals surface area (Å²) in [6.45, 7) is 4.83. The molecular formula is C18H18BrN5O. The van der Waals surface area contributed by atoms with Crippen LogP contribution >= 0.6 is 15.9 Å². The van der Waals surface area contributed by atoms with Crippen molar-refractivity contribution in [2.24, 2.45) is 0 Å². The van der Waals surface area contributed by atoms with Crippen LogP contribution in [0.4, 0.5) is 5.82 Å². The van der Waals surface area contributed by atoms with Gasteiger partial charge in [0.05, 0.1) is 0 Å². The summed E-state index contributed by atoms with van der Waals surface area (Å²) in [4.78, 5) is 15.8. The summed E-state index contributed by atoms with van der Waals surface area (Å²) in [5.41, 5.74) is 1.89. The van der Waals surface area contributed by atoms with Gasteiger partial charge in [-0.05, 0) is 38.8 Å². The molecule has 0 aliphatic carbocycles. The number of nitrogens with zero attached hydrogens (tertiary/aromatic N) is 5.